The van der Waals surface area contributed by atoms with Gasteiger partial charge in [-0.25, -0.2) is 0 Å². The Morgan fingerprint density at radius 3 is 2.53 bits per heavy atom. The molecule has 184 valence electrons. The number of nitrogens with zero attached hydrogens (tertiary/aromatic N) is 1. The summed E-state index contributed by atoms with van der Waals surface area (Å²) in [5, 5.41) is 3.34. The van der Waals surface area contributed by atoms with Gasteiger partial charge in [0.2, 0.25) is 11.8 Å². The van der Waals surface area contributed by atoms with Gasteiger partial charge in [-0.3, -0.25) is 9.59 Å². The summed E-state index contributed by atoms with van der Waals surface area (Å²) >= 11 is 0. The number of ether oxygens (including phenoxy) is 1. The van der Waals surface area contributed by atoms with Crippen LogP contribution in [0.2, 0.25) is 0 Å². The highest BCUT2D eigenvalue weighted by Crippen LogP contribution is 2.52. The molecule has 0 radical (unpaired) electrons. The third-order valence-electron chi connectivity index (χ3n) is 8.82. The molecule has 1 saturated heterocycles. The van der Waals surface area contributed by atoms with Crippen LogP contribution in [-0.4, -0.2) is 42.5 Å². The third kappa shape index (κ3) is 4.68. The standard InChI is InChI=1S/C29H40N2O3/c1-2-20-34-27-26(30-28(33)22-13-14-22)23-10-6-7-11-24(23)29(27)16-18-31(19-17-29)25(32)15-12-21-8-4-3-5-9-21/h2,6-7,10-11,21-22,26-27H,1,3-5,8-9,12-20H2,(H,30,33)/t26-,27+/m0/s1. The lowest BCUT2D eigenvalue weighted by molar-refractivity contribution is -0.134. The van der Waals surface area contributed by atoms with Crippen LogP contribution in [0.5, 0.6) is 0 Å². The monoisotopic (exact) mass is 464 g/mol. The number of likely N-dealkylation sites (tertiary alicyclic amines) is 1. The van der Waals surface area contributed by atoms with Gasteiger partial charge in [0.25, 0.3) is 0 Å². The van der Waals surface area contributed by atoms with E-state index in [1.54, 1.807) is 6.08 Å². The maximum absolute atomic E-state index is 13.1. The predicted octanol–water partition coefficient (Wildman–Crippen LogP) is 5.06. The number of fused-ring (bicyclic) bond motifs is 2. The van der Waals surface area contributed by atoms with Gasteiger partial charge in [-0.05, 0) is 49.1 Å². The fourth-order valence-electron chi connectivity index (χ4n) is 6.73. The average Bonchev–Trinajstić information content (AvgIpc) is 3.70. The summed E-state index contributed by atoms with van der Waals surface area (Å²) in [6, 6.07) is 8.37. The van der Waals surface area contributed by atoms with E-state index in [1.165, 1.54) is 43.2 Å². The lowest BCUT2D eigenvalue weighted by Gasteiger charge is -2.44. The van der Waals surface area contributed by atoms with Gasteiger partial charge >= 0.3 is 0 Å². The fourth-order valence-corrected chi connectivity index (χ4v) is 6.73. The van der Waals surface area contributed by atoms with Crippen LogP contribution < -0.4 is 5.32 Å². The first-order valence-electron chi connectivity index (χ1n) is 13.5. The lowest BCUT2D eigenvalue weighted by Crippen LogP contribution is -2.52. The molecule has 4 aliphatic rings. The second kappa shape index (κ2) is 10.2. The van der Waals surface area contributed by atoms with Gasteiger partial charge in [-0.1, -0.05) is 62.4 Å². The first-order valence-corrected chi connectivity index (χ1v) is 13.5. The van der Waals surface area contributed by atoms with E-state index in [1.807, 2.05) is 0 Å². The smallest absolute Gasteiger partial charge is 0.223 e. The average molecular weight is 465 g/mol. The molecule has 2 atom stereocenters. The predicted molar refractivity (Wildman–Crippen MR) is 133 cm³/mol. The van der Waals surface area contributed by atoms with E-state index in [9.17, 15) is 9.59 Å². The van der Waals surface area contributed by atoms with Crippen LogP contribution in [-0.2, 0) is 19.7 Å². The molecule has 1 heterocycles. The van der Waals surface area contributed by atoms with Gasteiger partial charge in [-0.15, -0.1) is 6.58 Å². The highest BCUT2D eigenvalue weighted by atomic mass is 16.5. The number of carbonyl (C=O) groups excluding carboxylic acids is 2. The lowest BCUT2D eigenvalue weighted by atomic mass is 9.71. The molecule has 1 aliphatic heterocycles. The van der Waals surface area contributed by atoms with E-state index in [0.29, 0.717) is 18.9 Å². The molecule has 5 rings (SSSR count). The van der Waals surface area contributed by atoms with Gasteiger partial charge < -0.3 is 15.0 Å². The van der Waals surface area contributed by atoms with Crippen molar-refractivity contribution < 1.29 is 14.3 Å². The van der Waals surface area contributed by atoms with E-state index < -0.39 is 0 Å². The molecule has 0 aromatic heterocycles. The number of amides is 2. The molecule has 0 unspecified atom stereocenters. The van der Waals surface area contributed by atoms with E-state index in [-0.39, 0.29) is 29.4 Å². The normalized spacial score (nSPS) is 26.3. The first kappa shape index (κ1) is 23.6. The summed E-state index contributed by atoms with van der Waals surface area (Å²) < 4.78 is 6.43. The number of hydrogen-bond donors (Lipinski definition) is 1. The minimum Gasteiger partial charge on any atom is -0.371 e. The highest BCUT2D eigenvalue weighted by molar-refractivity contribution is 5.81. The summed E-state index contributed by atoms with van der Waals surface area (Å²) in [6.45, 7) is 5.83. The van der Waals surface area contributed by atoms with Gasteiger partial charge in [-0.2, -0.15) is 0 Å². The van der Waals surface area contributed by atoms with E-state index in [2.05, 4.69) is 41.1 Å². The second-order valence-corrected chi connectivity index (χ2v) is 11.0. The Kier molecular flexibility index (Phi) is 7.10. The van der Waals surface area contributed by atoms with Crippen LogP contribution in [0.3, 0.4) is 0 Å². The number of benzene rings is 1. The Morgan fingerprint density at radius 1 is 1.09 bits per heavy atom. The van der Waals surface area contributed by atoms with Crippen LogP contribution in [0.1, 0.15) is 87.8 Å². The summed E-state index contributed by atoms with van der Waals surface area (Å²) in [6.07, 6.45) is 13.7. The van der Waals surface area contributed by atoms with Gasteiger partial charge in [0.15, 0.2) is 0 Å². The van der Waals surface area contributed by atoms with E-state index in [0.717, 1.165) is 51.1 Å². The second-order valence-electron chi connectivity index (χ2n) is 11.0. The molecule has 0 bridgehead atoms. The Bertz CT molecular complexity index is 894. The number of rotatable bonds is 8. The van der Waals surface area contributed by atoms with Crippen molar-refractivity contribution in [3.63, 3.8) is 0 Å². The Labute approximate surface area is 204 Å². The molecule has 5 heteroatoms. The maximum Gasteiger partial charge on any atom is 0.223 e. The number of hydrogen-bond acceptors (Lipinski definition) is 3. The van der Waals surface area contributed by atoms with Crippen molar-refractivity contribution in [2.45, 2.75) is 88.2 Å². The highest BCUT2D eigenvalue weighted by Gasteiger charge is 2.55. The van der Waals surface area contributed by atoms with Crippen LogP contribution in [0.15, 0.2) is 36.9 Å². The Hall–Kier alpha value is -2.14. The van der Waals surface area contributed by atoms with Crippen LogP contribution in [0.4, 0.5) is 0 Å². The zero-order valence-electron chi connectivity index (χ0n) is 20.5. The molecule has 3 fully saturated rings. The molecule has 1 aromatic rings. The van der Waals surface area contributed by atoms with Crippen molar-refractivity contribution >= 4 is 11.8 Å². The van der Waals surface area contributed by atoms with E-state index >= 15 is 0 Å². The molecule has 5 nitrogen and oxygen atoms in total. The molecule has 1 aromatic carbocycles. The topological polar surface area (TPSA) is 58.6 Å². The van der Waals surface area contributed by atoms with Crippen LogP contribution in [0.25, 0.3) is 0 Å². The number of nitrogens with one attached hydrogen (secondary N) is 1. The van der Waals surface area contributed by atoms with Gasteiger partial charge in [0.1, 0.15) is 0 Å². The fraction of sp³-hybridized carbons (Fsp3) is 0.655. The van der Waals surface area contributed by atoms with Crippen LogP contribution in [0, 0.1) is 11.8 Å². The zero-order valence-corrected chi connectivity index (χ0v) is 20.5. The Balaban J connectivity index is 1.30. The molecule has 3 aliphatic carbocycles. The first-order chi connectivity index (χ1) is 16.6. The largest absolute Gasteiger partial charge is 0.371 e. The van der Waals surface area contributed by atoms with Gasteiger partial charge in [0.05, 0.1) is 18.8 Å². The molecule has 34 heavy (non-hydrogen) atoms. The van der Waals surface area contributed by atoms with Crippen molar-refractivity contribution in [1.82, 2.24) is 10.2 Å². The molecule has 2 amide bonds. The quantitative estimate of drug-likeness (QED) is 0.547. The number of piperidine rings is 1. The van der Waals surface area contributed by atoms with Crippen molar-refractivity contribution in [3.05, 3.63) is 48.0 Å². The SMILES string of the molecule is C=CCO[C@@H]1[C@@H](NC(=O)C2CC2)c2ccccc2C12CCN(C(=O)CCC1CCCCC1)CC2. The van der Waals surface area contributed by atoms with E-state index in [4.69, 9.17) is 4.74 Å². The summed E-state index contributed by atoms with van der Waals surface area (Å²) in [5.74, 6) is 1.36. The molecule has 2 saturated carbocycles. The summed E-state index contributed by atoms with van der Waals surface area (Å²) in [7, 11) is 0. The molecule has 1 N–H and O–H groups in total. The molecule has 1 spiro atoms. The van der Waals surface area contributed by atoms with Gasteiger partial charge in [0, 0.05) is 30.8 Å². The van der Waals surface area contributed by atoms with Crippen molar-refractivity contribution in [1.29, 1.82) is 0 Å². The van der Waals surface area contributed by atoms with Crippen molar-refractivity contribution in [2.75, 3.05) is 19.7 Å². The minimum absolute atomic E-state index is 0.134. The maximum atomic E-state index is 13.1. The van der Waals surface area contributed by atoms with Crippen molar-refractivity contribution in [3.8, 4) is 0 Å². The van der Waals surface area contributed by atoms with Crippen molar-refractivity contribution in [2.24, 2.45) is 11.8 Å². The third-order valence-corrected chi connectivity index (χ3v) is 8.82. The molecular weight excluding hydrogens is 424 g/mol. The summed E-state index contributed by atoms with van der Waals surface area (Å²) in [4.78, 5) is 27.9. The minimum atomic E-state index is -0.179. The Morgan fingerprint density at radius 2 is 1.82 bits per heavy atom. The zero-order chi connectivity index (χ0) is 23.5. The number of carbonyl (C=O) groups is 2. The van der Waals surface area contributed by atoms with Crippen LogP contribution >= 0.6 is 0 Å². The molecular formula is C29H40N2O3. The summed E-state index contributed by atoms with van der Waals surface area (Å²) in [5.41, 5.74) is 2.29.